The average Bonchev–Trinajstić information content (AvgIpc) is 2.88. The van der Waals surface area contributed by atoms with Crippen LogP contribution >= 0.6 is 0 Å². The first-order chi connectivity index (χ1) is 12.1. The van der Waals surface area contributed by atoms with Gasteiger partial charge in [0.1, 0.15) is 0 Å². The molecule has 2 heterocycles. The number of benzene rings is 1. The molecule has 1 N–H and O–H groups in total. The van der Waals surface area contributed by atoms with Gasteiger partial charge in [0.2, 0.25) is 5.91 Å². The van der Waals surface area contributed by atoms with Crippen LogP contribution in [0.25, 0.3) is 0 Å². The van der Waals surface area contributed by atoms with Gasteiger partial charge in [-0.25, -0.2) is 0 Å². The molecule has 3 heteroatoms. The maximum atomic E-state index is 13.2. The molecule has 0 saturated carbocycles. The molecule has 2 aliphatic heterocycles. The van der Waals surface area contributed by atoms with E-state index >= 15 is 0 Å². The quantitative estimate of drug-likeness (QED) is 0.876. The molecular weight excluding hydrogens is 308 g/mol. The fraction of sp³-hybridized carbons (Fsp3) is 0.682. The van der Waals surface area contributed by atoms with E-state index in [-0.39, 0.29) is 6.04 Å². The van der Waals surface area contributed by atoms with Crippen LogP contribution in [0, 0.1) is 18.8 Å². The van der Waals surface area contributed by atoms with Crippen molar-refractivity contribution in [1.29, 1.82) is 0 Å². The summed E-state index contributed by atoms with van der Waals surface area (Å²) in [5, 5.41) is 3.49. The molecule has 3 atom stereocenters. The second kappa shape index (κ2) is 8.84. The van der Waals surface area contributed by atoms with E-state index in [0.29, 0.717) is 24.2 Å². The molecule has 138 valence electrons. The van der Waals surface area contributed by atoms with Crippen LogP contribution in [0.1, 0.15) is 69.0 Å². The third kappa shape index (κ3) is 4.84. The minimum Gasteiger partial charge on any atom is -0.336 e. The van der Waals surface area contributed by atoms with Gasteiger partial charge in [-0.05, 0) is 63.1 Å². The Morgan fingerprint density at radius 2 is 2.12 bits per heavy atom. The van der Waals surface area contributed by atoms with Gasteiger partial charge in [0, 0.05) is 13.0 Å². The van der Waals surface area contributed by atoms with Gasteiger partial charge in [-0.3, -0.25) is 4.79 Å². The van der Waals surface area contributed by atoms with E-state index < -0.39 is 0 Å². The molecule has 1 aromatic carbocycles. The van der Waals surface area contributed by atoms with Gasteiger partial charge in [-0.15, -0.1) is 0 Å². The predicted octanol–water partition coefficient (Wildman–Crippen LogP) is 4.46. The molecule has 1 amide bonds. The first-order valence-electron chi connectivity index (χ1n) is 10.2. The molecule has 2 aliphatic rings. The monoisotopic (exact) mass is 342 g/mol. The minimum atomic E-state index is 0.270. The summed E-state index contributed by atoms with van der Waals surface area (Å²) in [5.41, 5.74) is 2.61. The SMILES string of the molecule is Cc1cccc(C2CCCCCN2C(=O)CC(C)C2CCCNC2)c1. The Labute approximate surface area is 153 Å². The second-order valence-corrected chi connectivity index (χ2v) is 8.15. The summed E-state index contributed by atoms with van der Waals surface area (Å²) < 4.78 is 0. The molecule has 0 spiro atoms. The number of nitrogens with zero attached hydrogens (tertiary/aromatic N) is 1. The standard InChI is InChI=1S/C22H34N2O/c1-17-8-6-9-19(14-17)21-11-4-3-5-13-24(21)22(25)15-18(2)20-10-7-12-23-16-20/h6,8-9,14,18,20-21,23H,3-5,7,10-13,15-16H2,1-2H3. The van der Waals surface area contributed by atoms with Crippen LogP contribution < -0.4 is 5.32 Å². The largest absolute Gasteiger partial charge is 0.336 e. The molecule has 3 unspecified atom stereocenters. The third-order valence-corrected chi connectivity index (χ3v) is 6.14. The number of likely N-dealkylation sites (tertiary alicyclic amines) is 1. The van der Waals surface area contributed by atoms with Crippen molar-refractivity contribution < 1.29 is 4.79 Å². The summed E-state index contributed by atoms with van der Waals surface area (Å²) in [6.45, 7) is 7.56. The molecular formula is C22H34N2O. The van der Waals surface area contributed by atoms with E-state index in [4.69, 9.17) is 0 Å². The molecule has 0 bridgehead atoms. The topological polar surface area (TPSA) is 32.3 Å². The minimum absolute atomic E-state index is 0.270. The number of piperidine rings is 1. The number of aryl methyl sites for hydroxylation is 1. The van der Waals surface area contributed by atoms with Crippen molar-refractivity contribution in [1.82, 2.24) is 10.2 Å². The lowest BCUT2D eigenvalue weighted by molar-refractivity contribution is -0.135. The Bertz CT molecular complexity index is 565. The lowest BCUT2D eigenvalue weighted by Crippen LogP contribution is -2.38. The van der Waals surface area contributed by atoms with Crippen LogP contribution in [0.2, 0.25) is 0 Å². The van der Waals surface area contributed by atoms with E-state index in [1.807, 2.05) is 0 Å². The van der Waals surface area contributed by atoms with Gasteiger partial charge < -0.3 is 10.2 Å². The molecule has 3 rings (SSSR count). The highest BCUT2D eigenvalue weighted by Crippen LogP contribution is 2.32. The molecule has 2 fully saturated rings. The van der Waals surface area contributed by atoms with Crippen LogP contribution in [-0.4, -0.2) is 30.4 Å². The fourth-order valence-electron chi connectivity index (χ4n) is 4.55. The smallest absolute Gasteiger partial charge is 0.223 e. The number of hydrogen-bond acceptors (Lipinski definition) is 2. The molecule has 0 aliphatic carbocycles. The third-order valence-electron chi connectivity index (χ3n) is 6.14. The van der Waals surface area contributed by atoms with Gasteiger partial charge in [-0.2, -0.15) is 0 Å². The van der Waals surface area contributed by atoms with Crippen molar-refractivity contribution in [3.8, 4) is 0 Å². The Morgan fingerprint density at radius 1 is 1.24 bits per heavy atom. The van der Waals surface area contributed by atoms with Crippen molar-refractivity contribution in [2.45, 2.75) is 64.8 Å². The van der Waals surface area contributed by atoms with Crippen molar-refractivity contribution in [3.63, 3.8) is 0 Å². The van der Waals surface area contributed by atoms with Crippen LogP contribution in [0.3, 0.4) is 0 Å². The van der Waals surface area contributed by atoms with Gasteiger partial charge >= 0.3 is 0 Å². The Morgan fingerprint density at radius 3 is 2.88 bits per heavy atom. The Hall–Kier alpha value is -1.35. The van der Waals surface area contributed by atoms with Crippen LogP contribution in [0.5, 0.6) is 0 Å². The maximum Gasteiger partial charge on any atom is 0.223 e. The van der Waals surface area contributed by atoms with Crippen molar-refractivity contribution >= 4 is 5.91 Å². The van der Waals surface area contributed by atoms with Gasteiger partial charge in [0.15, 0.2) is 0 Å². The van der Waals surface area contributed by atoms with Crippen molar-refractivity contribution in [2.75, 3.05) is 19.6 Å². The second-order valence-electron chi connectivity index (χ2n) is 8.15. The Kier molecular flexibility index (Phi) is 6.52. The highest BCUT2D eigenvalue weighted by Gasteiger charge is 2.29. The summed E-state index contributed by atoms with van der Waals surface area (Å²) in [6, 6.07) is 9.02. The number of nitrogens with one attached hydrogen (secondary N) is 1. The first kappa shape index (κ1) is 18.4. The van der Waals surface area contributed by atoms with Crippen LogP contribution in [-0.2, 0) is 4.79 Å². The number of carbonyl (C=O) groups is 1. The highest BCUT2D eigenvalue weighted by molar-refractivity contribution is 5.77. The molecule has 0 aromatic heterocycles. The highest BCUT2D eigenvalue weighted by atomic mass is 16.2. The van der Waals surface area contributed by atoms with E-state index in [0.717, 1.165) is 32.5 Å². The van der Waals surface area contributed by atoms with E-state index in [2.05, 4.69) is 48.3 Å². The molecule has 25 heavy (non-hydrogen) atoms. The number of hydrogen-bond donors (Lipinski definition) is 1. The lowest BCUT2D eigenvalue weighted by Gasteiger charge is -2.34. The van der Waals surface area contributed by atoms with E-state index in [1.165, 1.54) is 36.8 Å². The van der Waals surface area contributed by atoms with Crippen LogP contribution in [0.4, 0.5) is 0 Å². The summed E-state index contributed by atoms with van der Waals surface area (Å²) in [6.07, 6.45) is 7.94. The average molecular weight is 343 g/mol. The van der Waals surface area contributed by atoms with Crippen molar-refractivity contribution in [3.05, 3.63) is 35.4 Å². The summed E-state index contributed by atoms with van der Waals surface area (Å²) >= 11 is 0. The van der Waals surface area contributed by atoms with E-state index in [9.17, 15) is 4.79 Å². The predicted molar refractivity (Wildman–Crippen MR) is 103 cm³/mol. The number of amides is 1. The summed E-state index contributed by atoms with van der Waals surface area (Å²) in [7, 11) is 0. The zero-order chi connectivity index (χ0) is 17.6. The molecule has 0 radical (unpaired) electrons. The first-order valence-corrected chi connectivity index (χ1v) is 10.2. The Balaban J connectivity index is 1.70. The normalized spacial score (nSPS) is 26.1. The maximum absolute atomic E-state index is 13.2. The fourth-order valence-corrected chi connectivity index (χ4v) is 4.55. The van der Waals surface area contributed by atoms with Gasteiger partial charge in [0.05, 0.1) is 6.04 Å². The zero-order valence-corrected chi connectivity index (χ0v) is 16.0. The molecule has 3 nitrogen and oxygen atoms in total. The molecule has 2 saturated heterocycles. The van der Waals surface area contributed by atoms with Crippen molar-refractivity contribution in [2.24, 2.45) is 11.8 Å². The lowest BCUT2D eigenvalue weighted by atomic mass is 9.85. The number of carbonyl (C=O) groups excluding carboxylic acids is 1. The van der Waals surface area contributed by atoms with E-state index in [1.54, 1.807) is 0 Å². The number of rotatable bonds is 4. The van der Waals surface area contributed by atoms with Gasteiger partial charge in [-0.1, -0.05) is 49.6 Å². The molecule has 1 aromatic rings. The van der Waals surface area contributed by atoms with Crippen LogP contribution in [0.15, 0.2) is 24.3 Å². The van der Waals surface area contributed by atoms with Gasteiger partial charge in [0.25, 0.3) is 0 Å². The summed E-state index contributed by atoms with van der Waals surface area (Å²) in [5.74, 6) is 1.50. The zero-order valence-electron chi connectivity index (χ0n) is 16.0. The summed E-state index contributed by atoms with van der Waals surface area (Å²) in [4.78, 5) is 15.4.